The Morgan fingerprint density at radius 2 is 0.515 bits per heavy atom. The van der Waals surface area contributed by atoms with Crippen LogP contribution in [-0.4, -0.2) is 580 Å². The number of carboxylic acid groups (broad SMARTS) is 1. The third-order valence-electron chi connectivity index (χ3n) is 24.5. The van der Waals surface area contributed by atoms with Gasteiger partial charge in [0.05, 0.1) is 65.6 Å². The van der Waals surface area contributed by atoms with Crippen LogP contribution in [0.25, 0.3) is 0 Å². The topological polar surface area (TPSA) is 934 Å². The number of aliphatic hydroxyl groups is 29. The largest absolute Gasteiger partial charge is 0.479 e. The number of rotatable bonds is 34. The SMILES string of the molecule is CC(=O)N[C@@H]1[C@@H](O)[C@H](O[C@@H]2O[C@H](CO)[C@@H](O[C@@H]3O[C@H](CO[C@@H]4O[C@H](CO)[C@@H](O)[C@H](O[C@H]5O[C@H](CO)[C@@H](O)[C@H](O)[C@@H]5O)[C@@H]4O)[C@@H](O[C@@H]4O[C@H](CO)[C@@H](O)[C@H](O)[C@H]4NC(C)=O)[C@H](O[C@@H]4O[C@H](CO)[C@@H](O)[C@H](O)[C@@H]4O[C@@H]4O[C@H](CO)[C@@H](O[C@@H]5O[C@H](CO)[C@H](O)[C@H](O[C@@H]6O[C@H](C(=O)O)[C@@H](O)[C@H](O)[C@H]6O)[C@H]5O)[C@H](O)[C@H]4NC(C)=O)[C@@H]3O)[C@H](O)[C@H]2NC(C)=O)[C@@H](CO[C@@H]2O[C@H](C)[C@H](O)[C@H](O)[C@H]2O)O[C@H]1O. The van der Waals surface area contributed by atoms with E-state index in [-0.39, 0.29) is 0 Å². The standard InChI is InChI=1S/C74H122N4O56/c1-15-33(90)43(100)48(105)68(116-15)114-13-27-56(40(97)29(64(113)117-27)75-16(2)86)126-66-31(77-18(4)88)41(98)55(25(11-84)123-66)128-73-53(110)60(57(129-65-30(76-17(3)87)39(96)34(91)20(6-79)118-65)28(125-73)14-115-69-51(108)58(37(94)23(9-82)119-69)130-70-49(106)44(101)35(92)21(7-80)120-70)132-74-62(46(103)36(93)22(8-81)122-74)134-67-32(78-19(5)89)42(99)54(26(12-85)124-67)127-72-52(109)59(38(95)24(10-83)121-72)131-71-50(107)45(102)47(104)61(133-71)63(111)112/h15,20-62,64-74,79-85,90-110,113H,6-14H2,1-5H3,(H,75,86)(H,76,87)(H,77,88)(H,78,89)(H,111,112)/t15-,20-,21-,22-,23-,24-,25-,26-,27-,28-,29-,30-,31-,32-,33+,34-,35-,36-,37-,38+,39-,40-,41-,42-,43+,44+,45+,46+,47+,48-,49+,50-,51+,52-,53+,54-,55-,56-,57-,58+,59+,60-,61+,62+,64-,65+,66+,67+,68-,69-,70-,71-,72+,73+,74+/m1/s1. The van der Waals surface area contributed by atoms with Crippen LogP contribution in [0.15, 0.2) is 0 Å². The van der Waals surface area contributed by atoms with Crippen LogP contribution in [0.5, 0.6) is 0 Å². The lowest BCUT2D eigenvalue weighted by Gasteiger charge is -2.52. The summed E-state index contributed by atoms with van der Waals surface area (Å²) >= 11 is 0. The van der Waals surface area contributed by atoms with Gasteiger partial charge in [0.2, 0.25) is 23.6 Å². The number of aliphatic carboxylic acids is 1. The lowest BCUT2D eigenvalue weighted by atomic mass is 9.93. The third kappa shape index (κ3) is 24.0. The van der Waals surface area contributed by atoms with E-state index in [2.05, 4.69) is 21.3 Å². The monoisotopic (exact) mass is 1960 g/mol. The highest BCUT2D eigenvalue weighted by molar-refractivity contribution is 5.75. The van der Waals surface area contributed by atoms with Crippen molar-refractivity contribution in [2.75, 3.05) is 59.5 Å². The number of ether oxygens (including phenoxy) is 21. The summed E-state index contributed by atoms with van der Waals surface area (Å²) in [6, 6.07) is -8.16. The first-order valence-electron chi connectivity index (χ1n) is 42.5. The molecule has 0 radical (unpaired) electrons. The minimum Gasteiger partial charge on any atom is -0.479 e. The highest BCUT2D eigenvalue weighted by Crippen LogP contribution is 2.42. The Morgan fingerprint density at radius 1 is 0.231 bits per heavy atom. The molecule has 0 aromatic carbocycles. The van der Waals surface area contributed by atoms with Gasteiger partial charge in [0, 0.05) is 27.7 Å². The smallest absolute Gasteiger partial charge is 0.335 e. The first kappa shape index (κ1) is 110. The zero-order valence-electron chi connectivity index (χ0n) is 71.6. The maximum absolute atomic E-state index is 13.5. The Labute approximate surface area is 757 Å². The van der Waals surface area contributed by atoms with Crippen molar-refractivity contribution in [2.24, 2.45) is 0 Å². The lowest BCUT2D eigenvalue weighted by Crippen LogP contribution is -2.71. The van der Waals surface area contributed by atoms with Crippen molar-refractivity contribution in [3.8, 4) is 0 Å². The molecule has 34 N–H and O–H groups in total. The minimum absolute atomic E-state index is 0.848. The molecular weight excluding hydrogens is 1840 g/mol. The van der Waals surface area contributed by atoms with Gasteiger partial charge in [-0.3, -0.25) is 19.2 Å². The van der Waals surface area contributed by atoms with Crippen LogP contribution in [0.1, 0.15) is 34.6 Å². The van der Waals surface area contributed by atoms with Crippen LogP contribution in [0.2, 0.25) is 0 Å². The van der Waals surface area contributed by atoms with Crippen molar-refractivity contribution in [3.63, 3.8) is 0 Å². The summed E-state index contributed by atoms with van der Waals surface area (Å²) in [5.74, 6) is -5.94. The van der Waals surface area contributed by atoms with E-state index in [1.807, 2.05) is 0 Å². The Morgan fingerprint density at radius 3 is 0.970 bits per heavy atom. The van der Waals surface area contributed by atoms with Gasteiger partial charge in [-0.1, -0.05) is 0 Å². The zero-order chi connectivity index (χ0) is 98.7. The number of amides is 4. The average molecular weight is 1960 g/mol. The van der Waals surface area contributed by atoms with E-state index in [1.165, 1.54) is 6.92 Å². The predicted octanol–water partition coefficient (Wildman–Crippen LogP) is -23.3. The summed E-state index contributed by atoms with van der Waals surface area (Å²) in [6.07, 6.45) is -113. The average Bonchev–Trinajstić information content (AvgIpc) is 0.755. The Hall–Kier alpha value is -4.65. The first-order chi connectivity index (χ1) is 63.3. The van der Waals surface area contributed by atoms with E-state index in [9.17, 15) is 177 Å². The van der Waals surface area contributed by atoms with Crippen molar-refractivity contribution < 1.29 is 277 Å². The highest BCUT2D eigenvalue weighted by atomic mass is 16.8. The van der Waals surface area contributed by atoms with Crippen LogP contribution in [0.4, 0.5) is 0 Å². The molecule has 60 nitrogen and oxygen atoms in total. The summed E-state index contributed by atoms with van der Waals surface area (Å²) in [7, 11) is 0. The number of hydrogen-bond donors (Lipinski definition) is 34. The molecule has 0 aliphatic carbocycles. The first-order valence-corrected chi connectivity index (χ1v) is 42.5. The maximum Gasteiger partial charge on any atom is 0.335 e. The van der Waals surface area contributed by atoms with Gasteiger partial charge in [0.25, 0.3) is 0 Å². The number of aliphatic hydroxyl groups excluding tert-OH is 29. The second kappa shape index (κ2) is 47.5. The number of hydrogen-bond acceptors (Lipinski definition) is 55. The summed E-state index contributed by atoms with van der Waals surface area (Å²) in [6.45, 7) is -5.98. The predicted molar refractivity (Wildman–Crippen MR) is 408 cm³/mol. The van der Waals surface area contributed by atoms with E-state index in [0.717, 1.165) is 27.7 Å². The van der Waals surface area contributed by atoms with Gasteiger partial charge in [-0.15, -0.1) is 0 Å². The molecule has 0 aromatic heterocycles. The maximum atomic E-state index is 13.5. The molecule has 11 saturated heterocycles. The summed E-state index contributed by atoms with van der Waals surface area (Å²) < 4.78 is 126. The normalized spacial score (nSPS) is 49.8. The highest BCUT2D eigenvalue weighted by Gasteiger charge is 2.63. The van der Waals surface area contributed by atoms with Gasteiger partial charge in [-0.05, 0) is 6.92 Å². The van der Waals surface area contributed by atoms with Gasteiger partial charge in [0.15, 0.2) is 75.3 Å². The molecule has 774 valence electrons. The lowest BCUT2D eigenvalue weighted by molar-refractivity contribution is -0.409. The molecule has 0 unspecified atom stereocenters. The fourth-order valence-electron chi connectivity index (χ4n) is 17.3. The van der Waals surface area contributed by atoms with Crippen LogP contribution in [0, 0.1) is 0 Å². The molecule has 0 aromatic rings. The molecule has 11 aliphatic heterocycles. The Bertz CT molecular complexity index is 3720. The van der Waals surface area contributed by atoms with Crippen LogP contribution >= 0.6 is 0 Å². The van der Waals surface area contributed by atoms with E-state index in [0.29, 0.717) is 0 Å². The van der Waals surface area contributed by atoms with E-state index < -0.39 is 427 Å². The molecule has 11 heterocycles. The van der Waals surface area contributed by atoms with Gasteiger partial charge >= 0.3 is 5.97 Å². The Kier molecular flexibility index (Phi) is 38.9. The number of nitrogens with one attached hydrogen (secondary N) is 4. The summed E-state index contributed by atoms with van der Waals surface area (Å²) in [4.78, 5) is 64.6. The van der Waals surface area contributed by atoms with Crippen molar-refractivity contribution in [1.82, 2.24) is 21.3 Å². The van der Waals surface area contributed by atoms with Crippen LogP contribution in [-0.2, 0) is 123 Å². The van der Waals surface area contributed by atoms with Gasteiger partial charge < -0.3 is 274 Å². The fraction of sp³-hybridized carbons (Fsp3) is 0.932. The molecule has 55 atom stereocenters. The van der Waals surface area contributed by atoms with E-state index in [4.69, 9.17) is 99.5 Å². The van der Waals surface area contributed by atoms with Crippen LogP contribution in [0.3, 0.4) is 0 Å². The number of carbonyl (C=O) groups excluding carboxylic acids is 4. The minimum atomic E-state index is -2.82. The Balaban J connectivity index is 0.981. The second-order valence-electron chi connectivity index (χ2n) is 33.8. The molecule has 0 saturated carbocycles. The van der Waals surface area contributed by atoms with E-state index >= 15 is 0 Å². The van der Waals surface area contributed by atoms with Crippen molar-refractivity contribution >= 4 is 29.6 Å². The third-order valence-corrected chi connectivity index (χ3v) is 24.5. The van der Waals surface area contributed by atoms with E-state index in [1.54, 1.807) is 0 Å². The molecule has 4 amide bonds. The fourth-order valence-corrected chi connectivity index (χ4v) is 17.3. The van der Waals surface area contributed by atoms with Gasteiger partial charge in [0.1, 0.15) is 256 Å². The summed E-state index contributed by atoms with van der Waals surface area (Å²) in [5.41, 5.74) is 0. The molecule has 11 rings (SSSR count). The molecule has 11 aliphatic rings. The van der Waals surface area contributed by atoms with Crippen molar-refractivity contribution in [2.45, 2.75) is 372 Å². The van der Waals surface area contributed by atoms with Crippen LogP contribution < -0.4 is 21.3 Å². The van der Waals surface area contributed by atoms with Crippen molar-refractivity contribution in [1.29, 1.82) is 0 Å². The molecule has 60 heteroatoms. The second-order valence-corrected chi connectivity index (χ2v) is 33.8. The molecular formula is C74H122N4O56. The quantitative estimate of drug-likeness (QED) is 0.0284. The molecule has 134 heavy (non-hydrogen) atoms. The molecule has 0 bridgehead atoms. The van der Waals surface area contributed by atoms with Gasteiger partial charge in [-0.2, -0.15) is 0 Å². The summed E-state index contributed by atoms with van der Waals surface area (Å²) in [5, 5.41) is 346. The number of carbonyl (C=O) groups is 5. The molecule has 0 spiro atoms. The molecule has 11 fully saturated rings. The zero-order valence-corrected chi connectivity index (χ0v) is 71.6. The number of carboxylic acids is 1. The van der Waals surface area contributed by atoms with Crippen molar-refractivity contribution in [3.05, 3.63) is 0 Å². The van der Waals surface area contributed by atoms with Gasteiger partial charge in [-0.25, -0.2) is 4.79 Å².